The van der Waals surface area contributed by atoms with Crippen LogP contribution in [0.1, 0.15) is 33.5 Å². The third kappa shape index (κ3) is 6.40. The van der Waals surface area contributed by atoms with Gasteiger partial charge in [-0.15, -0.1) is 0 Å². The van der Waals surface area contributed by atoms with Crippen LogP contribution in [0.3, 0.4) is 0 Å². The van der Waals surface area contributed by atoms with Crippen LogP contribution in [0.4, 0.5) is 0 Å². The van der Waals surface area contributed by atoms with Gasteiger partial charge >= 0.3 is 0 Å². The van der Waals surface area contributed by atoms with Crippen LogP contribution >= 0.6 is 23.4 Å². The number of carbonyl (C=O) groups excluding carboxylic acids is 1. The molecule has 0 aliphatic heterocycles. The lowest BCUT2D eigenvalue weighted by Gasteiger charge is -2.11. The van der Waals surface area contributed by atoms with Gasteiger partial charge in [-0.05, 0) is 53.8 Å². The molecule has 0 saturated carbocycles. The van der Waals surface area contributed by atoms with Gasteiger partial charge in [0, 0.05) is 29.1 Å². The first kappa shape index (κ1) is 25.1. The van der Waals surface area contributed by atoms with Crippen LogP contribution in [0.2, 0.25) is 5.02 Å². The Morgan fingerprint density at radius 1 is 0.919 bits per heavy atom. The van der Waals surface area contributed by atoms with Gasteiger partial charge in [0.15, 0.2) is 5.16 Å². The highest BCUT2D eigenvalue weighted by Gasteiger charge is 2.13. The highest BCUT2D eigenvalue weighted by Crippen LogP contribution is 2.29. The van der Waals surface area contributed by atoms with Crippen LogP contribution < -0.4 is 5.32 Å². The molecule has 0 spiro atoms. The van der Waals surface area contributed by atoms with Crippen molar-refractivity contribution in [1.82, 2.24) is 19.9 Å². The lowest BCUT2D eigenvalue weighted by Crippen LogP contribution is -2.24. The molecule has 0 atom stereocenters. The minimum absolute atomic E-state index is 0.0483. The fraction of sp³-hybridized carbons (Fsp3) is 0.167. The van der Waals surface area contributed by atoms with E-state index in [1.807, 2.05) is 79.0 Å². The summed E-state index contributed by atoms with van der Waals surface area (Å²) in [6.45, 7) is 1.28. The van der Waals surface area contributed by atoms with Crippen LogP contribution in [0.25, 0.3) is 11.0 Å². The van der Waals surface area contributed by atoms with Crippen molar-refractivity contribution in [3.63, 3.8) is 0 Å². The monoisotopic (exact) mass is 526 g/mol. The van der Waals surface area contributed by atoms with Gasteiger partial charge in [-0.1, -0.05) is 84.0 Å². The number of pyridine rings is 1. The molecule has 0 radical (unpaired) electrons. The summed E-state index contributed by atoms with van der Waals surface area (Å²) in [5.74, 6) is 0.674. The van der Waals surface area contributed by atoms with E-state index in [9.17, 15) is 4.79 Å². The number of nitrogens with one attached hydrogen (secondary N) is 1. The number of hydrogen-bond donors (Lipinski definition) is 1. The molecule has 0 bridgehead atoms. The molecule has 2 aromatic heterocycles. The van der Waals surface area contributed by atoms with Gasteiger partial charge in [0.05, 0.1) is 23.8 Å². The highest BCUT2D eigenvalue weighted by molar-refractivity contribution is 7.98. The molecule has 5 nitrogen and oxygen atoms in total. The van der Waals surface area contributed by atoms with Crippen LogP contribution in [0, 0.1) is 0 Å². The minimum atomic E-state index is -0.0483. The number of nitrogens with zero attached hydrogens (tertiary/aromatic N) is 3. The van der Waals surface area contributed by atoms with Crippen LogP contribution in [-0.2, 0) is 18.7 Å². The maximum absolute atomic E-state index is 12.6. The second-order valence-corrected chi connectivity index (χ2v) is 10.1. The third-order valence-corrected chi connectivity index (χ3v) is 7.55. The zero-order chi connectivity index (χ0) is 25.5. The maximum atomic E-state index is 12.6. The average molecular weight is 527 g/mol. The molecule has 3 aromatic carbocycles. The Morgan fingerprint density at radius 3 is 2.51 bits per heavy atom. The van der Waals surface area contributed by atoms with Crippen molar-refractivity contribution in [3.8, 4) is 0 Å². The van der Waals surface area contributed by atoms with Gasteiger partial charge in [0.25, 0.3) is 5.91 Å². The number of halogens is 1. The number of imidazole rings is 1. The molecule has 0 aliphatic carbocycles. The molecular weight excluding hydrogens is 500 g/mol. The van der Waals surface area contributed by atoms with E-state index in [1.54, 1.807) is 18.0 Å². The number of fused-ring (bicyclic) bond motifs is 1. The summed E-state index contributed by atoms with van der Waals surface area (Å²) in [7, 11) is 0. The quantitative estimate of drug-likeness (QED) is 0.161. The van der Waals surface area contributed by atoms with E-state index in [-0.39, 0.29) is 5.91 Å². The van der Waals surface area contributed by atoms with Crippen molar-refractivity contribution in [2.75, 3.05) is 6.54 Å². The Hall–Kier alpha value is -3.61. The van der Waals surface area contributed by atoms with Gasteiger partial charge < -0.3 is 9.88 Å². The Balaban J connectivity index is 1.23. The maximum Gasteiger partial charge on any atom is 0.251 e. The van der Waals surface area contributed by atoms with Crippen LogP contribution in [0.15, 0.2) is 102 Å². The topological polar surface area (TPSA) is 59.8 Å². The summed E-state index contributed by atoms with van der Waals surface area (Å²) in [6.07, 6.45) is 5.46. The van der Waals surface area contributed by atoms with Gasteiger partial charge in [-0.25, -0.2) is 4.98 Å². The average Bonchev–Trinajstić information content (AvgIpc) is 3.28. The van der Waals surface area contributed by atoms with Gasteiger partial charge in [-0.2, -0.15) is 0 Å². The second kappa shape index (κ2) is 12.1. The van der Waals surface area contributed by atoms with Crippen LogP contribution in [-0.4, -0.2) is 27.0 Å². The van der Waals surface area contributed by atoms with E-state index in [0.29, 0.717) is 18.7 Å². The number of amides is 1. The Labute approximate surface area is 225 Å². The van der Waals surface area contributed by atoms with Gasteiger partial charge in [0.1, 0.15) is 0 Å². The Kier molecular flexibility index (Phi) is 8.18. The van der Waals surface area contributed by atoms with Crippen molar-refractivity contribution in [2.45, 2.75) is 30.3 Å². The van der Waals surface area contributed by atoms with E-state index >= 15 is 0 Å². The zero-order valence-corrected chi connectivity index (χ0v) is 21.9. The number of aromatic nitrogens is 3. The number of carbonyl (C=O) groups is 1. The summed E-state index contributed by atoms with van der Waals surface area (Å²) in [4.78, 5) is 21.8. The summed E-state index contributed by atoms with van der Waals surface area (Å²) in [5.41, 5.74) is 5.99. The number of thioether (sulfide) groups is 1. The normalized spacial score (nSPS) is 11.1. The van der Waals surface area contributed by atoms with E-state index < -0.39 is 0 Å². The largest absolute Gasteiger partial charge is 0.352 e. The van der Waals surface area contributed by atoms with E-state index in [2.05, 4.69) is 27.0 Å². The zero-order valence-electron chi connectivity index (χ0n) is 20.3. The van der Waals surface area contributed by atoms with Crippen molar-refractivity contribution in [3.05, 3.63) is 125 Å². The molecule has 37 heavy (non-hydrogen) atoms. The predicted molar refractivity (Wildman–Crippen MR) is 151 cm³/mol. The van der Waals surface area contributed by atoms with Crippen molar-refractivity contribution in [1.29, 1.82) is 0 Å². The van der Waals surface area contributed by atoms with Crippen molar-refractivity contribution in [2.24, 2.45) is 0 Å². The summed E-state index contributed by atoms with van der Waals surface area (Å²) < 4.78 is 2.17. The summed E-state index contributed by atoms with van der Waals surface area (Å²) >= 11 is 8.02. The van der Waals surface area contributed by atoms with Gasteiger partial charge in [0.2, 0.25) is 0 Å². The second-order valence-electron chi connectivity index (χ2n) is 8.77. The van der Waals surface area contributed by atoms with E-state index in [4.69, 9.17) is 16.6 Å². The molecule has 0 unspecified atom stereocenters. The molecular formula is C30H27ClN4OS. The number of benzene rings is 3. The smallest absolute Gasteiger partial charge is 0.251 e. The number of hydrogen-bond acceptors (Lipinski definition) is 4. The minimum Gasteiger partial charge on any atom is -0.352 e. The van der Waals surface area contributed by atoms with Gasteiger partial charge in [-0.3, -0.25) is 9.78 Å². The molecule has 1 N–H and O–H groups in total. The Bertz CT molecular complexity index is 1490. The molecule has 1 amide bonds. The first-order valence-electron chi connectivity index (χ1n) is 12.2. The first-order valence-corrected chi connectivity index (χ1v) is 13.6. The fourth-order valence-corrected chi connectivity index (χ4v) is 5.45. The molecule has 186 valence electrons. The molecule has 0 fully saturated rings. The number of aryl methyl sites for hydroxylation is 1. The summed E-state index contributed by atoms with van der Waals surface area (Å²) in [5, 5.41) is 4.69. The summed E-state index contributed by atoms with van der Waals surface area (Å²) in [6, 6.07) is 27.9. The van der Waals surface area contributed by atoms with E-state index in [1.165, 1.54) is 5.56 Å². The standard InChI is InChI=1S/C30H27ClN4OS/c31-26-11-5-4-10-25(26)21-37-30-34-27-16-18-32-19-28(27)35(30)20-23-12-14-24(15-13-23)29(36)33-17-6-9-22-7-2-1-3-8-22/h1-5,7-8,10-16,18-19H,6,9,17,20-21H2,(H,33,36). The Morgan fingerprint density at radius 2 is 1.70 bits per heavy atom. The van der Waals surface area contributed by atoms with Crippen molar-refractivity contribution < 1.29 is 4.79 Å². The van der Waals surface area contributed by atoms with Crippen molar-refractivity contribution >= 4 is 40.3 Å². The number of rotatable bonds is 10. The fourth-order valence-electron chi connectivity index (χ4n) is 4.15. The molecule has 2 heterocycles. The molecule has 0 aliphatic rings. The lowest BCUT2D eigenvalue weighted by atomic mass is 10.1. The third-order valence-electron chi connectivity index (χ3n) is 6.16. The molecule has 7 heteroatoms. The predicted octanol–water partition coefficient (Wildman–Crippen LogP) is 6.79. The molecule has 0 saturated heterocycles. The highest BCUT2D eigenvalue weighted by atomic mass is 35.5. The van der Waals surface area contributed by atoms with Crippen LogP contribution in [0.5, 0.6) is 0 Å². The SMILES string of the molecule is O=C(NCCCc1ccccc1)c1ccc(Cn2c(SCc3ccccc3Cl)nc3ccncc32)cc1. The van der Waals surface area contributed by atoms with E-state index in [0.717, 1.165) is 50.9 Å². The first-order chi connectivity index (χ1) is 18.2. The lowest BCUT2D eigenvalue weighted by molar-refractivity contribution is 0.0953. The molecule has 5 aromatic rings. The molecule has 5 rings (SSSR count).